The van der Waals surface area contributed by atoms with E-state index < -0.39 is 5.82 Å². The Morgan fingerprint density at radius 1 is 1.17 bits per heavy atom. The van der Waals surface area contributed by atoms with E-state index in [0.29, 0.717) is 22.4 Å². The summed E-state index contributed by atoms with van der Waals surface area (Å²) in [6.45, 7) is 0. The highest BCUT2D eigenvalue weighted by molar-refractivity contribution is 6.08. The molecule has 6 heteroatoms. The molecule has 0 atom stereocenters. The summed E-state index contributed by atoms with van der Waals surface area (Å²) in [5.41, 5.74) is 1.75. The predicted octanol–water partition coefficient (Wildman–Crippen LogP) is 3.49. The molecule has 2 aromatic carbocycles. The Labute approximate surface area is 138 Å². The second-order valence-corrected chi connectivity index (χ2v) is 5.22. The number of hydrogen-bond acceptors (Lipinski definition) is 3. The van der Waals surface area contributed by atoms with E-state index in [1.54, 1.807) is 60.5 Å². The lowest BCUT2D eigenvalue weighted by Crippen LogP contribution is -2.13. The fraction of sp³-hybridized carbons (Fsp3) is 0.111. The van der Waals surface area contributed by atoms with Crippen LogP contribution in [0.2, 0.25) is 0 Å². The average molecular weight is 325 g/mol. The van der Waals surface area contributed by atoms with E-state index in [1.807, 2.05) is 0 Å². The Bertz CT molecular complexity index is 889. The Balaban J connectivity index is 2.01. The molecule has 24 heavy (non-hydrogen) atoms. The highest BCUT2D eigenvalue weighted by Crippen LogP contribution is 2.31. The van der Waals surface area contributed by atoms with Crippen molar-refractivity contribution in [3.8, 4) is 16.9 Å². The number of carbonyl (C=O) groups excluding carboxylic acids is 1. The number of hydrogen-bond donors (Lipinski definition) is 1. The number of aromatic nitrogens is 2. The molecule has 1 aromatic heterocycles. The van der Waals surface area contributed by atoms with E-state index >= 15 is 0 Å². The van der Waals surface area contributed by atoms with E-state index in [-0.39, 0.29) is 11.7 Å². The minimum Gasteiger partial charge on any atom is -0.494 e. The van der Waals surface area contributed by atoms with Crippen molar-refractivity contribution in [3.63, 3.8) is 0 Å². The summed E-state index contributed by atoms with van der Waals surface area (Å²) in [6.07, 6.45) is 3.24. The van der Waals surface area contributed by atoms with Crippen LogP contribution in [0.4, 0.5) is 10.1 Å². The first-order chi connectivity index (χ1) is 11.6. The first-order valence-corrected chi connectivity index (χ1v) is 7.32. The molecular weight excluding hydrogens is 309 g/mol. The van der Waals surface area contributed by atoms with Gasteiger partial charge in [-0.05, 0) is 17.7 Å². The number of benzene rings is 2. The molecule has 5 nitrogen and oxygen atoms in total. The van der Waals surface area contributed by atoms with Crippen LogP contribution >= 0.6 is 0 Å². The molecule has 0 saturated carbocycles. The molecule has 122 valence electrons. The number of nitrogens with one attached hydrogen (secondary N) is 1. The molecular formula is C18H16FN3O2. The predicted molar refractivity (Wildman–Crippen MR) is 89.5 cm³/mol. The van der Waals surface area contributed by atoms with Gasteiger partial charge >= 0.3 is 0 Å². The molecule has 1 amide bonds. The van der Waals surface area contributed by atoms with Gasteiger partial charge in [0.1, 0.15) is 0 Å². The van der Waals surface area contributed by atoms with Gasteiger partial charge in [-0.1, -0.05) is 30.3 Å². The van der Waals surface area contributed by atoms with Crippen LogP contribution in [0.5, 0.6) is 5.75 Å². The van der Waals surface area contributed by atoms with Crippen molar-refractivity contribution in [1.82, 2.24) is 9.78 Å². The Kier molecular flexibility index (Phi) is 4.29. The molecule has 0 bridgehead atoms. The molecule has 0 aliphatic heterocycles. The van der Waals surface area contributed by atoms with Gasteiger partial charge in [0.05, 0.1) is 19.0 Å². The van der Waals surface area contributed by atoms with Crippen LogP contribution in [0.1, 0.15) is 10.4 Å². The molecule has 3 rings (SSSR count). The third-order valence-corrected chi connectivity index (χ3v) is 3.61. The lowest BCUT2D eigenvalue weighted by atomic mass is 9.98. The number of nitrogens with zero attached hydrogens (tertiary/aromatic N) is 2. The van der Waals surface area contributed by atoms with Crippen LogP contribution in [-0.2, 0) is 7.05 Å². The molecule has 1 N–H and O–H groups in total. The summed E-state index contributed by atoms with van der Waals surface area (Å²) in [4.78, 5) is 12.6. The van der Waals surface area contributed by atoms with Crippen LogP contribution in [0.15, 0.2) is 54.9 Å². The standard InChI is InChI=1S/C18H16FN3O2/c1-22-11-12(10-20-22)21-18(23)15-7-4-3-6-13(15)14-8-5-9-16(24-2)17(14)19/h3-11H,1-2H3,(H,21,23). The van der Waals surface area contributed by atoms with Gasteiger partial charge in [-0.2, -0.15) is 5.10 Å². The Hall–Kier alpha value is -3.15. The van der Waals surface area contributed by atoms with Crippen LogP contribution in [0.3, 0.4) is 0 Å². The summed E-state index contributed by atoms with van der Waals surface area (Å²) in [7, 11) is 3.17. The second-order valence-electron chi connectivity index (χ2n) is 5.22. The Morgan fingerprint density at radius 3 is 2.62 bits per heavy atom. The van der Waals surface area contributed by atoms with Crippen molar-refractivity contribution in [2.75, 3.05) is 12.4 Å². The smallest absolute Gasteiger partial charge is 0.256 e. The number of rotatable bonds is 4. The number of aryl methyl sites for hydroxylation is 1. The minimum absolute atomic E-state index is 0.134. The largest absolute Gasteiger partial charge is 0.494 e. The highest BCUT2D eigenvalue weighted by atomic mass is 19.1. The first kappa shape index (κ1) is 15.7. The molecule has 0 aliphatic rings. The van der Waals surface area contributed by atoms with Gasteiger partial charge in [0.25, 0.3) is 5.91 Å². The van der Waals surface area contributed by atoms with Gasteiger partial charge in [-0.25, -0.2) is 4.39 Å². The SMILES string of the molecule is COc1cccc(-c2ccccc2C(=O)Nc2cnn(C)c2)c1F. The van der Waals surface area contributed by atoms with Crippen molar-refractivity contribution >= 4 is 11.6 Å². The lowest BCUT2D eigenvalue weighted by Gasteiger charge is -2.12. The quantitative estimate of drug-likeness (QED) is 0.799. The van der Waals surface area contributed by atoms with Gasteiger partial charge in [0, 0.05) is 24.4 Å². The number of anilines is 1. The molecule has 3 aromatic rings. The number of methoxy groups -OCH3 is 1. The second kappa shape index (κ2) is 6.54. The zero-order valence-corrected chi connectivity index (χ0v) is 13.3. The van der Waals surface area contributed by atoms with Gasteiger partial charge in [0.15, 0.2) is 11.6 Å². The zero-order chi connectivity index (χ0) is 17.1. The minimum atomic E-state index is -0.498. The molecule has 0 spiro atoms. The van der Waals surface area contributed by atoms with Crippen LogP contribution in [-0.4, -0.2) is 22.8 Å². The summed E-state index contributed by atoms with van der Waals surface area (Å²) >= 11 is 0. The van der Waals surface area contributed by atoms with Crippen molar-refractivity contribution in [3.05, 3.63) is 66.2 Å². The molecule has 0 aliphatic carbocycles. The van der Waals surface area contributed by atoms with Crippen molar-refractivity contribution in [2.24, 2.45) is 7.05 Å². The monoisotopic (exact) mass is 325 g/mol. The zero-order valence-electron chi connectivity index (χ0n) is 13.3. The maximum Gasteiger partial charge on any atom is 0.256 e. The van der Waals surface area contributed by atoms with Crippen molar-refractivity contribution < 1.29 is 13.9 Å². The maximum absolute atomic E-state index is 14.6. The van der Waals surface area contributed by atoms with Crippen LogP contribution < -0.4 is 10.1 Å². The molecule has 0 radical (unpaired) electrons. The maximum atomic E-state index is 14.6. The Morgan fingerprint density at radius 2 is 1.92 bits per heavy atom. The average Bonchev–Trinajstić information content (AvgIpc) is 3.00. The summed E-state index contributed by atoms with van der Waals surface area (Å²) in [5, 5.41) is 6.77. The first-order valence-electron chi connectivity index (χ1n) is 7.32. The molecule has 0 saturated heterocycles. The van der Waals surface area contributed by atoms with Gasteiger partial charge in [0.2, 0.25) is 0 Å². The summed E-state index contributed by atoms with van der Waals surface area (Å²) < 4.78 is 21.2. The number of amides is 1. The lowest BCUT2D eigenvalue weighted by molar-refractivity contribution is 0.102. The highest BCUT2D eigenvalue weighted by Gasteiger charge is 2.17. The molecule has 1 heterocycles. The van der Waals surface area contributed by atoms with Gasteiger partial charge < -0.3 is 10.1 Å². The third kappa shape index (κ3) is 2.99. The fourth-order valence-corrected chi connectivity index (χ4v) is 2.48. The number of carbonyl (C=O) groups is 1. The van der Waals surface area contributed by atoms with Crippen LogP contribution in [0, 0.1) is 5.82 Å². The summed E-state index contributed by atoms with van der Waals surface area (Å²) in [5.74, 6) is -0.697. The van der Waals surface area contributed by atoms with E-state index in [9.17, 15) is 9.18 Å². The van der Waals surface area contributed by atoms with Crippen LogP contribution in [0.25, 0.3) is 11.1 Å². The van der Waals surface area contributed by atoms with E-state index in [2.05, 4.69) is 10.4 Å². The van der Waals surface area contributed by atoms with E-state index in [4.69, 9.17) is 4.74 Å². The summed E-state index contributed by atoms with van der Waals surface area (Å²) in [6, 6.07) is 11.7. The molecule has 0 unspecified atom stereocenters. The van der Waals surface area contributed by atoms with Gasteiger partial charge in [-0.3, -0.25) is 9.48 Å². The van der Waals surface area contributed by atoms with Crippen molar-refractivity contribution in [2.45, 2.75) is 0 Å². The third-order valence-electron chi connectivity index (χ3n) is 3.61. The van der Waals surface area contributed by atoms with Crippen molar-refractivity contribution in [1.29, 1.82) is 0 Å². The fourth-order valence-electron chi connectivity index (χ4n) is 2.48. The van der Waals surface area contributed by atoms with E-state index in [1.165, 1.54) is 13.2 Å². The topological polar surface area (TPSA) is 56.1 Å². The van der Waals surface area contributed by atoms with Gasteiger partial charge in [-0.15, -0.1) is 0 Å². The van der Waals surface area contributed by atoms with E-state index in [0.717, 1.165) is 0 Å². The normalized spacial score (nSPS) is 10.5. The molecule has 0 fully saturated rings. The number of ether oxygens (including phenoxy) is 1. The number of halogens is 1.